The van der Waals surface area contributed by atoms with Gasteiger partial charge in [-0.2, -0.15) is 0 Å². The Balaban J connectivity index is 2.22. The first kappa shape index (κ1) is 13.7. The molecule has 0 spiro atoms. The predicted molar refractivity (Wildman–Crippen MR) is 67.6 cm³/mol. The molecule has 1 aromatic carbocycles. The summed E-state index contributed by atoms with van der Waals surface area (Å²) in [4.78, 5) is 3.88. The van der Waals surface area contributed by atoms with Gasteiger partial charge in [0.15, 0.2) is 16.8 Å². The van der Waals surface area contributed by atoms with Crippen LogP contribution in [-0.4, -0.2) is 4.98 Å². The van der Waals surface area contributed by atoms with Crippen LogP contribution in [0.2, 0.25) is 5.15 Å². The fraction of sp³-hybridized carbons (Fsp3) is 0.154. The van der Waals surface area contributed by atoms with E-state index < -0.39 is 17.5 Å². The molecule has 6 heteroatoms. The predicted octanol–water partition coefficient (Wildman–Crippen LogP) is 4.07. The van der Waals surface area contributed by atoms with Crippen LogP contribution in [-0.2, 0) is 6.54 Å². The number of nitrogens with one attached hydrogen (secondary N) is 1. The summed E-state index contributed by atoms with van der Waals surface area (Å²) in [6, 6.07) is 3.07. The second-order valence-corrected chi connectivity index (χ2v) is 4.36. The molecule has 0 unspecified atom stereocenters. The van der Waals surface area contributed by atoms with Crippen LogP contribution in [0.1, 0.15) is 11.1 Å². The second-order valence-electron chi connectivity index (χ2n) is 4.00. The number of rotatable bonds is 3. The fourth-order valence-electron chi connectivity index (χ4n) is 1.62. The molecule has 0 aliphatic heterocycles. The molecule has 19 heavy (non-hydrogen) atoms. The van der Waals surface area contributed by atoms with Gasteiger partial charge in [-0.1, -0.05) is 11.6 Å². The van der Waals surface area contributed by atoms with Crippen LogP contribution < -0.4 is 5.32 Å². The highest BCUT2D eigenvalue weighted by Gasteiger charge is 2.11. The number of aryl methyl sites for hydroxylation is 1. The van der Waals surface area contributed by atoms with Crippen LogP contribution in [0.5, 0.6) is 0 Å². The van der Waals surface area contributed by atoms with E-state index in [1.165, 1.54) is 0 Å². The normalized spacial score (nSPS) is 10.6. The Kier molecular flexibility index (Phi) is 3.95. The lowest BCUT2D eigenvalue weighted by Crippen LogP contribution is -2.05. The van der Waals surface area contributed by atoms with Gasteiger partial charge in [-0.25, -0.2) is 18.2 Å². The molecule has 0 atom stereocenters. The minimum absolute atomic E-state index is 0.0122. The quantitative estimate of drug-likeness (QED) is 0.679. The maximum atomic E-state index is 13.4. The summed E-state index contributed by atoms with van der Waals surface area (Å²) < 4.78 is 39.3. The van der Waals surface area contributed by atoms with Crippen LogP contribution in [0, 0.1) is 24.4 Å². The van der Waals surface area contributed by atoms with E-state index in [0.29, 0.717) is 11.8 Å². The lowest BCUT2D eigenvalue weighted by Gasteiger charge is -2.11. The number of hydrogen-bond acceptors (Lipinski definition) is 2. The molecule has 2 aromatic rings. The number of halogens is 4. The topological polar surface area (TPSA) is 24.9 Å². The molecule has 2 rings (SSSR count). The van der Waals surface area contributed by atoms with E-state index in [4.69, 9.17) is 11.6 Å². The lowest BCUT2D eigenvalue weighted by atomic mass is 10.2. The van der Waals surface area contributed by atoms with Crippen molar-refractivity contribution < 1.29 is 13.2 Å². The first-order valence-electron chi connectivity index (χ1n) is 5.47. The number of aromatic nitrogens is 1. The van der Waals surface area contributed by atoms with Crippen molar-refractivity contribution in [1.29, 1.82) is 0 Å². The van der Waals surface area contributed by atoms with Gasteiger partial charge < -0.3 is 5.32 Å². The molecular formula is C13H10ClF3N2. The number of anilines is 1. The van der Waals surface area contributed by atoms with Gasteiger partial charge in [0, 0.05) is 24.4 Å². The van der Waals surface area contributed by atoms with Gasteiger partial charge in [0.05, 0.1) is 5.69 Å². The summed E-state index contributed by atoms with van der Waals surface area (Å²) >= 11 is 5.89. The number of nitrogens with zero attached hydrogens (tertiary/aromatic N) is 1. The van der Waals surface area contributed by atoms with Gasteiger partial charge in [0.2, 0.25) is 0 Å². The maximum Gasteiger partial charge on any atom is 0.161 e. The zero-order valence-electron chi connectivity index (χ0n) is 9.98. The molecule has 1 heterocycles. The molecule has 1 N–H and O–H groups in total. The van der Waals surface area contributed by atoms with Crippen molar-refractivity contribution in [3.63, 3.8) is 0 Å². The van der Waals surface area contributed by atoms with E-state index in [1.807, 2.05) is 0 Å². The van der Waals surface area contributed by atoms with E-state index in [1.54, 1.807) is 19.2 Å². The van der Waals surface area contributed by atoms with Crippen molar-refractivity contribution in [3.05, 3.63) is 58.1 Å². The van der Waals surface area contributed by atoms with Crippen molar-refractivity contribution in [2.45, 2.75) is 13.5 Å². The SMILES string of the molecule is Cc1ccnc(Cl)c1NCc1cc(F)c(F)cc1F. The summed E-state index contributed by atoms with van der Waals surface area (Å²) in [5, 5.41) is 3.10. The minimum Gasteiger partial charge on any atom is -0.378 e. The van der Waals surface area contributed by atoms with Gasteiger partial charge in [-0.15, -0.1) is 0 Å². The third-order valence-electron chi connectivity index (χ3n) is 2.66. The molecule has 0 saturated carbocycles. The van der Waals surface area contributed by atoms with Crippen LogP contribution in [0.15, 0.2) is 24.4 Å². The van der Waals surface area contributed by atoms with E-state index in [-0.39, 0.29) is 17.3 Å². The summed E-state index contributed by atoms with van der Waals surface area (Å²) in [5.74, 6) is -3.12. The largest absolute Gasteiger partial charge is 0.378 e. The Hall–Kier alpha value is -1.75. The second kappa shape index (κ2) is 5.48. The van der Waals surface area contributed by atoms with Gasteiger partial charge in [0.25, 0.3) is 0 Å². The van der Waals surface area contributed by atoms with E-state index in [0.717, 1.165) is 11.6 Å². The summed E-state index contributed by atoms with van der Waals surface area (Å²) in [6.07, 6.45) is 1.54. The molecule has 100 valence electrons. The Morgan fingerprint density at radius 2 is 1.84 bits per heavy atom. The molecule has 0 aliphatic carbocycles. The van der Waals surface area contributed by atoms with Gasteiger partial charge in [0.1, 0.15) is 5.82 Å². The summed E-state index contributed by atoms with van der Waals surface area (Å²) in [5.41, 5.74) is 1.37. The van der Waals surface area contributed by atoms with Crippen molar-refractivity contribution in [1.82, 2.24) is 4.98 Å². The Morgan fingerprint density at radius 3 is 2.53 bits per heavy atom. The first-order valence-corrected chi connectivity index (χ1v) is 5.85. The van der Waals surface area contributed by atoms with Crippen LogP contribution in [0.3, 0.4) is 0 Å². The summed E-state index contributed by atoms with van der Waals surface area (Å²) in [7, 11) is 0. The van der Waals surface area contributed by atoms with Crippen LogP contribution >= 0.6 is 11.6 Å². The van der Waals surface area contributed by atoms with Gasteiger partial charge in [-0.05, 0) is 24.6 Å². The smallest absolute Gasteiger partial charge is 0.161 e. The molecule has 0 bridgehead atoms. The van der Waals surface area contributed by atoms with Crippen LogP contribution in [0.4, 0.5) is 18.9 Å². The fourth-order valence-corrected chi connectivity index (χ4v) is 1.89. The highest BCUT2D eigenvalue weighted by atomic mass is 35.5. The van der Waals surface area contributed by atoms with Gasteiger partial charge >= 0.3 is 0 Å². The zero-order valence-corrected chi connectivity index (χ0v) is 10.7. The molecule has 1 aromatic heterocycles. The monoisotopic (exact) mass is 286 g/mol. The molecule has 2 nitrogen and oxygen atoms in total. The Morgan fingerprint density at radius 1 is 1.16 bits per heavy atom. The standard InChI is InChI=1S/C13H10ClF3N2/c1-7-2-3-18-13(14)12(7)19-6-8-4-10(16)11(17)5-9(8)15/h2-5,19H,6H2,1H3. The molecule has 0 aliphatic rings. The molecule has 0 fully saturated rings. The maximum absolute atomic E-state index is 13.4. The number of benzene rings is 1. The van der Waals surface area contributed by atoms with Crippen LogP contribution in [0.25, 0.3) is 0 Å². The summed E-state index contributed by atoms with van der Waals surface area (Å²) in [6.45, 7) is 1.78. The average molecular weight is 287 g/mol. The third-order valence-corrected chi connectivity index (χ3v) is 2.94. The first-order chi connectivity index (χ1) is 8.99. The molecular weight excluding hydrogens is 277 g/mol. The highest BCUT2D eigenvalue weighted by Crippen LogP contribution is 2.24. The molecule has 0 radical (unpaired) electrons. The minimum atomic E-state index is -1.21. The van der Waals surface area contributed by atoms with Crippen molar-refractivity contribution in [2.75, 3.05) is 5.32 Å². The van der Waals surface area contributed by atoms with Crippen molar-refractivity contribution in [2.24, 2.45) is 0 Å². The van der Waals surface area contributed by atoms with Gasteiger partial charge in [-0.3, -0.25) is 0 Å². The van der Waals surface area contributed by atoms with Crippen molar-refractivity contribution >= 4 is 17.3 Å². The number of pyridine rings is 1. The zero-order chi connectivity index (χ0) is 14.0. The van der Waals surface area contributed by atoms with E-state index >= 15 is 0 Å². The highest BCUT2D eigenvalue weighted by molar-refractivity contribution is 6.32. The van der Waals surface area contributed by atoms with Crippen molar-refractivity contribution in [3.8, 4) is 0 Å². The van der Waals surface area contributed by atoms with E-state index in [9.17, 15) is 13.2 Å². The Bertz CT molecular complexity index is 597. The average Bonchev–Trinajstić information content (AvgIpc) is 2.34. The van der Waals surface area contributed by atoms with E-state index in [2.05, 4.69) is 10.3 Å². The molecule has 0 saturated heterocycles. The number of hydrogen-bond donors (Lipinski definition) is 1. The molecule has 0 amide bonds. The third kappa shape index (κ3) is 2.98. The Labute approximate surface area is 113 Å². The lowest BCUT2D eigenvalue weighted by molar-refractivity contribution is 0.490.